The number of hydrogen-bond donors (Lipinski definition) is 1. The molecule has 0 aromatic carbocycles. The molecule has 0 spiro atoms. The Bertz CT molecular complexity index is 439. The number of nitrogen functional groups attached to an aromatic ring is 1. The zero-order chi connectivity index (χ0) is 12.3. The molecule has 0 saturated carbocycles. The molecule has 1 heterocycles. The maximum absolute atomic E-state index is 12.0. The first-order chi connectivity index (χ1) is 7.37. The molecule has 1 rings (SSSR count). The van der Waals surface area contributed by atoms with E-state index in [9.17, 15) is 13.2 Å². The van der Waals surface area contributed by atoms with Crippen LogP contribution in [0.3, 0.4) is 0 Å². The van der Waals surface area contributed by atoms with Gasteiger partial charge in [0.25, 0.3) is 5.88 Å². The van der Waals surface area contributed by atoms with Gasteiger partial charge in [-0.15, -0.1) is 13.2 Å². The van der Waals surface area contributed by atoms with Crippen molar-refractivity contribution in [3.63, 3.8) is 0 Å². The normalized spacial score (nSPS) is 10.7. The predicted octanol–water partition coefficient (Wildman–Crippen LogP) is 1.44. The largest absolute Gasteiger partial charge is 0.573 e. The lowest BCUT2D eigenvalue weighted by Crippen LogP contribution is -2.19. The van der Waals surface area contributed by atoms with Gasteiger partial charge in [-0.2, -0.15) is 10.2 Å². The van der Waals surface area contributed by atoms with Crippen LogP contribution in [0, 0.1) is 11.3 Å². The van der Waals surface area contributed by atoms with E-state index in [2.05, 4.69) is 14.5 Å². The highest BCUT2D eigenvalue weighted by molar-refractivity contribution is 5.54. The van der Waals surface area contributed by atoms with Gasteiger partial charge in [-0.1, -0.05) is 0 Å². The highest BCUT2D eigenvalue weighted by Gasteiger charge is 2.34. The van der Waals surface area contributed by atoms with Gasteiger partial charge in [0.1, 0.15) is 17.5 Å². The molecule has 2 N–H and O–H groups in total. The van der Waals surface area contributed by atoms with Gasteiger partial charge in [0.2, 0.25) is 5.75 Å². The van der Waals surface area contributed by atoms with E-state index in [1.807, 2.05) is 0 Å². The summed E-state index contributed by atoms with van der Waals surface area (Å²) in [6.45, 7) is 0. The first-order valence-corrected chi connectivity index (χ1v) is 3.87. The van der Waals surface area contributed by atoms with Crippen molar-refractivity contribution in [3.05, 3.63) is 11.6 Å². The van der Waals surface area contributed by atoms with Crippen molar-refractivity contribution in [1.29, 1.82) is 5.26 Å². The lowest BCUT2D eigenvalue weighted by Gasteiger charge is -2.13. The van der Waals surface area contributed by atoms with Crippen molar-refractivity contribution in [2.75, 3.05) is 12.8 Å². The van der Waals surface area contributed by atoms with Crippen molar-refractivity contribution < 1.29 is 22.6 Å². The van der Waals surface area contributed by atoms with Crippen LogP contribution in [-0.4, -0.2) is 18.5 Å². The maximum atomic E-state index is 12.0. The van der Waals surface area contributed by atoms with E-state index in [1.165, 1.54) is 6.07 Å². The number of halogens is 3. The second kappa shape index (κ2) is 4.14. The number of hydrogen-bond acceptors (Lipinski definition) is 5. The van der Waals surface area contributed by atoms with Crippen LogP contribution in [0.2, 0.25) is 0 Å². The Morgan fingerprint density at radius 1 is 1.50 bits per heavy atom. The lowest BCUT2D eigenvalue weighted by molar-refractivity contribution is -0.275. The van der Waals surface area contributed by atoms with Crippen LogP contribution in [0.1, 0.15) is 5.56 Å². The van der Waals surface area contributed by atoms with Crippen LogP contribution in [0.15, 0.2) is 6.07 Å². The molecule has 0 radical (unpaired) electrons. The monoisotopic (exact) mass is 233 g/mol. The third-order valence-corrected chi connectivity index (χ3v) is 1.49. The van der Waals surface area contributed by atoms with Gasteiger partial charge in [0.15, 0.2) is 0 Å². The number of nitriles is 1. The summed E-state index contributed by atoms with van der Waals surface area (Å²) in [5.74, 6) is -1.43. The smallest absolute Gasteiger partial charge is 0.478 e. The molecule has 86 valence electrons. The maximum Gasteiger partial charge on any atom is 0.573 e. The van der Waals surface area contributed by atoms with Crippen LogP contribution in [0.5, 0.6) is 11.6 Å². The van der Waals surface area contributed by atoms with Gasteiger partial charge in [-0.25, -0.2) is 0 Å². The number of nitrogens with two attached hydrogens (primary N) is 1. The molecular formula is C8H6F3N3O2. The number of rotatable bonds is 2. The highest BCUT2D eigenvalue weighted by Crippen LogP contribution is 2.34. The number of methoxy groups -OCH3 is 1. The minimum Gasteiger partial charge on any atom is -0.478 e. The van der Waals surface area contributed by atoms with Gasteiger partial charge >= 0.3 is 6.36 Å². The van der Waals surface area contributed by atoms with E-state index < -0.39 is 23.6 Å². The van der Waals surface area contributed by atoms with E-state index in [0.29, 0.717) is 0 Å². The van der Waals surface area contributed by atoms with E-state index in [-0.39, 0.29) is 5.82 Å². The fourth-order valence-corrected chi connectivity index (χ4v) is 0.965. The standard InChI is InChI=1S/C8H6F3N3O2/c1-15-7-6(16-8(9,10)11)4(3-12)2-5(13)14-7/h2H,1H3,(H2,13,14). The molecule has 1 aromatic rings. The molecule has 8 heteroatoms. The fourth-order valence-electron chi connectivity index (χ4n) is 0.965. The minimum atomic E-state index is -4.93. The minimum absolute atomic E-state index is 0.136. The zero-order valence-corrected chi connectivity index (χ0v) is 8.00. The molecule has 5 nitrogen and oxygen atoms in total. The van der Waals surface area contributed by atoms with Crippen molar-refractivity contribution in [2.45, 2.75) is 6.36 Å². The molecule has 1 aromatic heterocycles. The molecule has 0 unspecified atom stereocenters. The molecule has 0 bridgehead atoms. The quantitative estimate of drug-likeness (QED) is 0.835. The van der Waals surface area contributed by atoms with Crippen LogP contribution in [0.25, 0.3) is 0 Å². The van der Waals surface area contributed by atoms with Crippen molar-refractivity contribution >= 4 is 5.82 Å². The average Bonchev–Trinajstić information content (AvgIpc) is 2.18. The van der Waals surface area contributed by atoms with Crippen molar-refractivity contribution in [2.24, 2.45) is 0 Å². The first kappa shape index (κ1) is 11.9. The summed E-state index contributed by atoms with van der Waals surface area (Å²) in [5.41, 5.74) is 4.86. The number of alkyl halides is 3. The van der Waals surface area contributed by atoms with Crippen molar-refractivity contribution in [1.82, 2.24) is 4.98 Å². The van der Waals surface area contributed by atoms with E-state index in [4.69, 9.17) is 11.0 Å². The summed E-state index contributed by atoms with van der Waals surface area (Å²) in [4.78, 5) is 3.46. The summed E-state index contributed by atoms with van der Waals surface area (Å²) in [6, 6.07) is 2.47. The third-order valence-electron chi connectivity index (χ3n) is 1.49. The van der Waals surface area contributed by atoms with Crippen LogP contribution >= 0.6 is 0 Å². The second-order valence-corrected chi connectivity index (χ2v) is 2.59. The molecule has 0 saturated heterocycles. The Balaban J connectivity index is 3.29. The van der Waals surface area contributed by atoms with Crippen LogP contribution in [0.4, 0.5) is 19.0 Å². The van der Waals surface area contributed by atoms with E-state index >= 15 is 0 Å². The van der Waals surface area contributed by atoms with Gasteiger partial charge in [-0.05, 0) is 0 Å². The number of pyridine rings is 1. The van der Waals surface area contributed by atoms with E-state index in [0.717, 1.165) is 13.2 Å². The van der Waals surface area contributed by atoms with Crippen LogP contribution in [-0.2, 0) is 0 Å². The lowest BCUT2D eigenvalue weighted by atomic mass is 10.2. The topological polar surface area (TPSA) is 81.2 Å². The van der Waals surface area contributed by atoms with Crippen LogP contribution < -0.4 is 15.2 Å². The Morgan fingerprint density at radius 3 is 2.56 bits per heavy atom. The summed E-state index contributed by atoms with van der Waals surface area (Å²) in [5, 5.41) is 8.62. The average molecular weight is 233 g/mol. The van der Waals surface area contributed by atoms with Gasteiger partial charge in [0.05, 0.1) is 7.11 Å². The molecule has 0 aliphatic rings. The first-order valence-electron chi connectivity index (χ1n) is 3.87. The summed E-state index contributed by atoms with van der Waals surface area (Å²) < 4.78 is 44.3. The van der Waals surface area contributed by atoms with Crippen molar-refractivity contribution in [3.8, 4) is 17.7 Å². The molecule has 0 amide bonds. The SMILES string of the molecule is COc1nc(N)cc(C#N)c1OC(F)(F)F. The van der Waals surface area contributed by atoms with Gasteiger partial charge < -0.3 is 15.2 Å². The Morgan fingerprint density at radius 2 is 2.12 bits per heavy atom. The molecule has 0 aliphatic heterocycles. The number of aromatic nitrogens is 1. The Hall–Kier alpha value is -2.17. The number of nitrogens with zero attached hydrogens (tertiary/aromatic N) is 2. The van der Waals surface area contributed by atoms with E-state index in [1.54, 1.807) is 0 Å². The molecule has 0 atom stereocenters. The fraction of sp³-hybridized carbons (Fsp3) is 0.250. The Labute approximate surface area is 88.2 Å². The van der Waals surface area contributed by atoms with Gasteiger partial charge in [0, 0.05) is 6.07 Å². The highest BCUT2D eigenvalue weighted by atomic mass is 19.4. The second-order valence-electron chi connectivity index (χ2n) is 2.59. The van der Waals surface area contributed by atoms with Gasteiger partial charge in [-0.3, -0.25) is 0 Å². The third kappa shape index (κ3) is 2.66. The number of anilines is 1. The molecule has 0 fully saturated rings. The summed E-state index contributed by atoms with van der Waals surface area (Å²) in [7, 11) is 1.09. The predicted molar refractivity (Wildman–Crippen MR) is 46.6 cm³/mol. The molecular weight excluding hydrogens is 227 g/mol. The summed E-state index contributed by atoms with van der Waals surface area (Å²) >= 11 is 0. The zero-order valence-electron chi connectivity index (χ0n) is 8.00. The Kier molecular flexibility index (Phi) is 3.08. The molecule has 0 aliphatic carbocycles. The number of ether oxygens (including phenoxy) is 2. The molecule has 16 heavy (non-hydrogen) atoms. The summed E-state index contributed by atoms with van der Waals surface area (Å²) in [6.07, 6.45) is -4.93.